The molecular formula is C4H7FO2. The highest BCUT2D eigenvalue weighted by atomic mass is 19.1. The molecule has 42 valence electrons. The van der Waals surface area contributed by atoms with Crippen LogP contribution in [0, 0.1) is 0 Å². The quantitative estimate of drug-likeness (QED) is 0.429. The third-order valence-corrected chi connectivity index (χ3v) is 0.352. The fourth-order valence-corrected chi connectivity index (χ4v) is 0.156. The maximum absolute atomic E-state index is 11.1. The Kier molecular flexibility index (Phi) is 4.72. The van der Waals surface area contributed by atoms with Gasteiger partial charge in [-0.3, -0.25) is 0 Å². The smallest absolute Gasteiger partial charge is 0.123 e. The van der Waals surface area contributed by atoms with Crippen molar-refractivity contribution in [2.45, 2.75) is 0 Å². The normalized spacial score (nSPS) is 9.86. The Morgan fingerprint density at radius 3 is 2.86 bits per heavy atom. The summed E-state index contributed by atoms with van der Waals surface area (Å²) in [4.78, 5) is 0. The van der Waals surface area contributed by atoms with Crippen molar-refractivity contribution < 1.29 is 14.2 Å². The molecule has 0 heterocycles. The number of alkyl halides is 1. The first kappa shape index (κ1) is 6.27. The van der Waals surface area contributed by atoms with Crippen molar-refractivity contribution >= 4 is 0 Å². The molecule has 0 aromatic rings. The van der Waals surface area contributed by atoms with Crippen LogP contribution in [0.3, 0.4) is 0 Å². The van der Waals surface area contributed by atoms with Gasteiger partial charge < -0.3 is 9.84 Å². The van der Waals surface area contributed by atoms with E-state index in [2.05, 4.69) is 4.74 Å². The second kappa shape index (κ2) is 5.27. The van der Waals surface area contributed by atoms with Crippen molar-refractivity contribution in [3.63, 3.8) is 0 Å². The zero-order valence-electron chi connectivity index (χ0n) is 3.80. The Morgan fingerprint density at radius 1 is 1.71 bits per heavy atom. The maximum atomic E-state index is 11.1. The van der Waals surface area contributed by atoms with Crippen LogP contribution in [0.4, 0.5) is 4.39 Å². The van der Waals surface area contributed by atoms with Gasteiger partial charge in [0.15, 0.2) is 0 Å². The molecular weight excluding hydrogens is 99.0 g/mol. The lowest BCUT2D eigenvalue weighted by Crippen LogP contribution is -1.86. The van der Waals surface area contributed by atoms with E-state index in [9.17, 15) is 4.39 Å². The molecule has 0 aliphatic carbocycles. The number of hydrogen-bond donors (Lipinski definition) is 1. The van der Waals surface area contributed by atoms with Gasteiger partial charge >= 0.3 is 0 Å². The van der Waals surface area contributed by atoms with Crippen LogP contribution in [-0.4, -0.2) is 18.4 Å². The van der Waals surface area contributed by atoms with Crippen molar-refractivity contribution in [3.05, 3.63) is 12.5 Å². The highest BCUT2D eigenvalue weighted by molar-refractivity contribution is 4.55. The molecule has 0 atom stereocenters. The lowest BCUT2D eigenvalue weighted by molar-refractivity contribution is 0.210. The summed E-state index contributed by atoms with van der Waals surface area (Å²) >= 11 is 0. The number of rotatable bonds is 3. The molecule has 0 unspecified atom stereocenters. The van der Waals surface area contributed by atoms with Crippen LogP contribution in [0.25, 0.3) is 0 Å². The first-order valence-electron chi connectivity index (χ1n) is 1.88. The summed E-state index contributed by atoms with van der Waals surface area (Å²) in [5.41, 5.74) is 0. The SMILES string of the molecule is OC=COCCF. The minimum absolute atomic E-state index is 0.0110. The summed E-state index contributed by atoms with van der Waals surface area (Å²) in [6.07, 6.45) is 1.75. The number of ether oxygens (including phenoxy) is 1. The molecule has 1 N–H and O–H groups in total. The van der Waals surface area contributed by atoms with E-state index in [1.165, 1.54) is 0 Å². The van der Waals surface area contributed by atoms with Crippen molar-refractivity contribution in [2.24, 2.45) is 0 Å². The van der Waals surface area contributed by atoms with E-state index in [0.717, 1.165) is 12.5 Å². The molecule has 0 amide bonds. The summed E-state index contributed by atoms with van der Waals surface area (Å²) in [5, 5.41) is 7.86. The van der Waals surface area contributed by atoms with Gasteiger partial charge in [0.25, 0.3) is 0 Å². The Morgan fingerprint density at radius 2 is 2.43 bits per heavy atom. The standard InChI is InChI=1S/C4H7FO2/c5-1-3-7-4-2-6/h2,4,6H,1,3H2. The number of hydrogen-bond acceptors (Lipinski definition) is 2. The Bertz CT molecular complexity index is 53.7. The van der Waals surface area contributed by atoms with Crippen molar-refractivity contribution in [3.8, 4) is 0 Å². The summed E-state index contributed by atoms with van der Waals surface area (Å²) in [6, 6.07) is 0. The lowest BCUT2D eigenvalue weighted by atomic mass is 10.8. The minimum atomic E-state index is -0.523. The first-order valence-corrected chi connectivity index (χ1v) is 1.88. The predicted octanol–water partition coefficient (Wildman–Crippen LogP) is 1.00. The third-order valence-electron chi connectivity index (χ3n) is 0.352. The van der Waals surface area contributed by atoms with E-state index < -0.39 is 6.67 Å². The highest BCUT2D eigenvalue weighted by Crippen LogP contribution is 1.74. The minimum Gasteiger partial charge on any atom is -0.512 e. The second-order valence-electron chi connectivity index (χ2n) is 0.845. The van der Waals surface area contributed by atoms with E-state index in [1.54, 1.807) is 0 Å². The summed E-state index contributed by atoms with van der Waals surface area (Å²) in [7, 11) is 0. The van der Waals surface area contributed by atoms with Crippen LogP contribution < -0.4 is 0 Å². The molecule has 0 aromatic heterocycles. The van der Waals surface area contributed by atoms with Gasteiger partial charge in [0, 0.05) is 0 Å². The van der Waals surface area contributed by atoms with Gasteiger partial charge in [-0.25, -0.2) is 4.39 Å². The molecule has 0 aliphatic rings. The molecule has 2 nitrogen and oxygen atoms in total. The summed E-state index contributed by atoms with van der Waals surface area (Å²) < 4.78 is 15.4. The van der Waals surface area contributed by atoms with Crippen molar-refractivity contribution in [1.29, 1.82) is 0 Å². The second-order valence-corrected chi connectivity index (χ2v) is 0.845. The number of halogens is 1. The molecule has 0 fully saturated rings. The van der Waals surface area contributed by atoms with Gasteiger partial charge in [0.05, 0.1) is 0 Å². The average Bonchev–Trinajstić information content (AvgIpc) is 1.69. The van der Waals surface area contributed by atoms with Crippen molar-refractivity contribution in [2.75, 3.05) is 13.3 Å². The molecule has 0 saturated heterocycles. The monoisotopic (exact) mass is 106 g/mol. The topological polar surface area (TPSA) is 29.5 Å². The maximum Gasteiger partial charge on any atom is 0.123 e. The van der Waals surface area contributed by atoms with Gasteiger partial charge in [-0.15, -0.1) is 0 Å². The Balaban J connectivity index is 2.69. The van der Waals surface area contributed by atoms with Crippen LogP contribution in [0.2, 0.25) is 0 Å². The van der Waals surface area contributed by atoms with E-state index in [1.807, 2.05) is 0 Å². The zero-order chi connectivity index (χ0) is 5.54. The number of aliphatic hydroxyl groups excluding tert-OH is 1. The van der Waals surface area contributed by atoms with Gasteiger partial charge in [-0.05, 0) is 0 Å². The van der Waals surface area contributed by atoms with Crippen LogP contribution in [0.15, 0.2) is 12.5 Å². The molecule has 3 heteroatoms. The Labute approximate surface area is 41.2 Å². The van der Waals surface area contributed by atoms with Crippen LogP contribution in [-0.2, 0) is 4.74 Å². The molecule has 0 radical (unpaired) electrons. The van der Waals surface area contributed by atoms with Crippen molar-refractivity contribution in [1.82, 2.24) is 0 Å². The van der Waals surface area contributed by atoms with Crippen LogP contribution in [0.1, 0.15) is 0 Å². The van der Waals surface area contributed by atoms with E-state index in [0.29, 0.717) is 0 Å². The number of aliphatic hydroxyl groups is 1. The van der Waals surface area contributed by atoms with Crippen LogP contribution >= 0.6 is 0 Å². The lowest BCUT2D eigenvalue weighted by Gasteiger charge is -1.89. The molecule has 0 rings (SSSR count). The van der Waals surface area contributed by atoms with Crippen LogP contribution in [0.5, 0.6) is 0 Å². The zero-order valence-corrected chi connectivity index (χ0v) is 3.80. The van der Waals surface area contributed by atoms with Gasteiger partial charge in [0.2, 0.25) is 0 Å². The van der Waals surface area contributed by atoms with Gasteiger partial charge in [0.1, 0.15) is 25.8 Å². The van der Waals surface area contributed by atoms with E-state index in [4.69, 9.17) is 5.11 Å². The Hall–Kier alpha value is -0.730. The molecule has 0 bridgehead atoms. The average molecular weight is 106 g/mol. The fourth-order valence-electron chi connectivity index (χ4n) is 0.156. The molecule has 0 saturated carbocycles. The largest absolute Gasteiger partial charge is 0.512 e. The fraction of sp³-hybridized carbons (Fsp3) is 0.500. The van der Waals surface area contributed by atoms with Gasteiger partial charge in [-0.2, -0.15) is 0 Å². The summed E-state index contributed by atoms with van der Waals surface area (Å²) in [5.74, 6) is 0. The van der Waals surface area contributed by atoms with Gasteiger partial charge in [-0.1, -0.05) is 0 Å². The highest BCUT2D eigenvalue weighted by Gasteiger charge is 1.74. The molecule has 0 aliphatic heterocycles. The summed E-state index contributed by atoms with van der Waals surface area (Å²) in [6.45, 7) is -0.513. The molecule has 0 spiro atoms. The molecule has 0 aromatic carbocycles. The third kappa shape index (κ3) is 5.27. The molecule has 7 heavy (non-hydrogen) atoms. The van der Waals surface area contributed by atoms with E-state index >= 15 is 0 Å². The predicted molar refractivity (Wildman–Crippen MR) is 23.7 cm³/mol. The first-order chi connectivity index (χ1) is 3.41. The van der Waals surface area contributed by atoms with E-state index in [-0.39, 0.29) is 6.61 Å².